The van der Waals surface area contributed by atoms with Gasteiger partial charge < -0.3 is 5.11 Å². The van der Waals surface area contributed by atoms with E-state index in [1.807, 2.05) is 0 Å². The van der Waals surface area contributed by atoms with Crippen molar-refractivity contribution in [2.24, 2.45) is 0 Å². The predicted molar refractivity (Wildman–Crippen MR) is 59.0 cm³/mol. The van der Waals surface area contributed by atoms with E-state index < -0.39 is 15.4 Å². The molecule has 1 saturated heterocycles. The summed E-state index contributed by atoms with van der Waals surface area (Å²) in [6.45, 7) is 0. The van der Waals surface area contributed by atoms with Gasteiger partial charge in [0.2, 0.25) is 0 Å². The number of aliphatic hydroxyl groups is 1. The van der Waals surface area contributed by atoms with Gasteiger partial charge in [-0.05, 0) is 12.0 Å². The Bertz CT molecular complexity index is 521. The van der Waals surface area contributed by atoms with Gasteiger partial charge in [0.25, 0.3) is 0 Å². The SMILES string of the molecule is O=Cc1ccccc1C1(O)CCS(=O)(=O)C1. The molecule has 5 heteroatoms. The molecular weight excluding hydrogens is 228 g/mol. The van der Waals surface area contributed by atoms with E-state index in [1.165, 1.54) is 0 Å². The molecule has 2 rings (SSSR count). The molecular formula is C11H12O4S. The zero-order chi connectivity index (χ0) is 11.8. The average Bonchev–Trinajstić information content (AvgIpc) is 2.54. The highest BCUT2D eigenvalue weighted by Crippen LogP contribution is 2.34. The van der Waals surface area contributed by atoms with Crippen LogP contribution in [-0.4, -0.2) is 31.3 Å². The molecule has 86 valence electrons. The van der Waals surface area contributed by atoms with Crippen LogP contribution in [0.1, 0.15) is 22.3 Å². The first-order valence-corrected chi connectivity index (χ1v) is 6.76. The highest BCUT2D eigenvalue weighted by Gasteiger charge is 2.42. The minimum absolute atomic E-state index is 0.0311. The molecule has 1 aromatic rings. The second kappa shape index (κ2) is 3.68. The Morgan fingerprint density at radius 3 is 2.56 bits per heavy atom. The minimum atomic E-state index is -3.19. The Morgan fingerprint density at radius 1 is 1.31 bits per heavy atom. The van der Waals surface area contributed by atoms with Crippen LogP contribution in [0.5, 0.6) is 0 Å². The summed E-state index contributed by atoms with van der Waals surface area (Å²) in [5.41, 5.74) is -0.649. The molecule has 0 bridgehead atoms. The number of aldehydes is 1. The summed E-state index contributed by atoms with van der Waals surface area (Å²) < 4.78 is 22.7. The summed E-state index contributed by atoms with van der Waals surface area (Å²) in [6, 6.07) is 6.54. The maximum atomic E-state index is 11.4. The van der Waals surface area contributed by atoms with Gasteiger partial charge in [-0.2, -0.15) is 0 Å². The molecule has 0 aromatic heterocycles. The third-order valence-corrected chi connectivity index (χ3v) is 4.62. The summed E-state index contributed by atoms with van der Waals surface area (Å²) in [5.74, 6) is -0.332. The number of carbonyl (C=O) groups excluding carboxylic acids is 1. The van der Waals surface area contributed by atoms with Gasteiger partial charge in [0.05, 0.1) is 11.5 Å². The normalized spacial score (nSPS) is 27.8. The Morgan fingerprint density at radius 2 is 2.00 bits per heavy atom. The summed E-state index contributed by atoms with van der Waals surface area (Å²) >= 11 is 0. The van der Waals surface area contributed by atoms with E-state index in [-0.39, 0.29) is 17.9 Å². The molecule has 1 fully saturated rings. The quantitative estimate of drug-likeness (QED) is 0.764. The molecule has 1 unspecified atom stereocenters. The summed E-state index contributed by atoms with van der Waals surface area (Å²) in [4.78, 5) is 10.8. The van der Waals surface area contributed by atoms with Gasteiger partial charge >= 0.3 is 0 Å². The molecule has 0 amide bonds. The van der Waals surface area contributed by atoms with Crippen molar-refractivity contribution in [1.82, 2.24) is 0 Å². The maximum absolute atomic E-state index is 11.4. The van der Waals surface area contributed by atoms with Crippen LogP contribution in [0.15, 0.2) is 24.3 Å². The number of rotatable bonds is 2. The molecule has 4 nitrogen and oxygen atoms in total. The summed E-state index contributed by atoms with van der Waals surface area (Å²) in [6.07, 6.45) is 0.790. The fourth-order valence-electron chi connectivity index (χ4n) is 2.07. The van der Waals surface area contributed by atoms with Gasteiger partial charge in [-0.3, -0.25) is 4.79 Å². The Labute approximate surface area is 93.8 Å². The van der Waals surface area contributed by atoms with E-state index in [4.69, 9.17) is 0 Å². The molecule has 1 aliphatic heterocycles. The molecule has 1 aliphatic rings. The molecule has 0 saturated carbocycles. The maximum Gasteiger partial charge on any atom is 0.153 e. The minimum Gasteiger partial charge on any atom is -0.384 e. The first kappa shape index (κ1) is 11.3. The van der Waals surface area contributed by atoms with Gasteiger partial charge in [0.15, 0.2) is 9.84 Å². The standard InChI is InChI=1S/C11H12O4S/c12-7-9-3-1-2-4-10(9)11(13)5-6-16(14,15)8-11/h1-4,7,13H,5-6,8H2. The van der Waals surface area contributed by atoms with E-state index in [2.05, 4.69) is 0 Å². The molecule has 0 aliphatic carbocycles. The first-order chi connectivity index (χ1) is 7.47. The highest BCUT2D eigenvalue weighted by molar-refractivity contribution is 7.91. The van der Waals surface area contributed by atoms with Gasteiger partial charge in [-0.1, -0.05) is 24.3 Å². The zero-order valence-corrected chi connectivity index (χ0v) is 9.40. The first-order valence-electron chi connectivity index (χ1n) is 4.94. The van der Waals surface area contributed by atoms with E-state index in [0.29, 0.717) is 17.4 Å². The largest absolute Gasteiger partial charge is 0.384 e. The van der Waals surface area contributed by atoms with E-state index in [0.717, 1.165) is 0 Å². The lowest BCUT2D eigenvalue weighted by molar-refractivity contribution is 0.0640. The summed E-state index contributed by atoms with van der Waals surface area (Å²) in [5, 5.41) is 10.3. The van der Waals surface area contributed by atoms with Crippen LogP contribution >= 0.6 is 0 Å². The number of benzene rings is 1. The average molecular weight is 240 g/mol. The second-order valence-electron chi connectivity index (χ2n) is 4.08. The van der Waals surface area contributed by atoms with Crippen LogP contribution in [-0.2, 0) is 15.4 Å². The fourth-order valence-corrected chi connectivity index (χ4v) is 3.89. The van der Waals surface area contributed by atoms with Crippen molar-refractivity contribution in [3.63, 3.8) is 0 Å². The van der Waals surface area contributed by atoms with Crippen molar-refractivity contribution < 1.29 is 18.3 Å². The number of hydrogen-bond acceptors (Lipinski definition) is 4. The van der Waals surface area contributed by atoms with Crippen molar-refractivity contribution in [3.05, 3.63) is 35.4 Å². The molecule has 16 heavy (non-hydrogen) atoms. The van der Waals surface area contributed by atoms with Crippen LogP contribution in [0, 0.1) is 0 Å². The summed E-state index contributed by atoms with van der Waals surface area (Å²) in [7, 11) is -3.19. The lowest BCUT2D eigenvalue weighted by atomic mass is 9.90. The van der Waals surface area contributed by atoms with Crippen LogP contribution < -0.4 is 0 Å². The second-order valence-corrected chi connectivity index (χ2v) is 6.26. The van der Waals surface area contributed by atoms with Gasteiger partial charge in [-0.25, -0.2) is 8.42 Å². The Balaban J connectivity index is 2.49. The van der Waals surface area contributed by atoms with Crippen LogP contribution in [0.4, 0.5) is 0 Å². The topological polar surface area (TPSA) is 71.4 Å². The molecule has 1 atom stereocenters. The Kier molecular flexibility index (Phi) is 2.59. The lowest BCUT2D eigenvalue weighted by Crippen LogP contribution is -2.28. The van der Waals surface area contributed by atoms with Crippen molar-refractivity contribution in [1.29, 1.82) is 0 Å². The van der Waals surface area contributed by atoms with Crippen LogP contribution in [0.2, 0.25) is 0 Å². The monoisotopic (exact) mass is 240 g/mol. The molecule has 1 aromatic carbocycles. The van der Waals surface area contributed by atoms with Crippen molar-refractivity contribution in [3.8, 4) is 0 Å². The van der Waals surface area contributed by atoms with E-state index in [9.17, 15) is 18.3 Å². The number of carbonyl (C=O) groups is 1. The third-order valence-electron chi connectivity index (χ3n) is 2.87. The molecule has 1 N–H and O–H groups in total. The van der Waals surface area contributed by atoms with E-state index in [1.54, 1.807) is 24.3 Å². The fraction of sp³-hybridized carbons (Fsp3) is 0.364. The smallest absolute Gasteiger partial charge is 0.153 e. The van der Waals surface area contributed by atoms with Crippen LogP contribution in [0.3, 0.4) is 0 Å². The van der Waals surface area contributed by atoms with Crippen molar-refractivity contribution in [2.45, 2.75) is 12.0 Å². The number of hydrogen-bond donors (Lipinski definition) is 1. The molecule has 0 radical (unpaired) electrons. The van der Waals surface area contributed by atoms with Crippen molar-refractivity contribution in [2.75, 3.05) is 11.5 Å². The molecule has 0 spiro atoms. The lowest BCUT2D eigenvalue weighted by Gasteiger charge is -2.22. The van der Waals surface area contributed by atoms with Gasteiger partial charge in [0.1, 0.15) is 11.9 Å². The number of sulfone groups is 1. The molecule has 1 heterocycles. The van der Waals surface area contributed by atoms with Gasteiger partial charge in [0, 0.05) is 5.56 Å². The van der Waals surface area contributed by atoms with Crippen LogP contribution in [0.25, 0.3) is 0 Å². The predicted octanol–water partition coefficient (Wildman–Crippen LogP) is 0.505. The Hall–Kier alpha value is -1.20. The van der Waals surface area contributed by atoms with Gasteiger partial charge in [-0.15, -0.1) is 0 Å². The third kappa shape index (κ3) is 1.88. The van der Waals surface area contributed by atoms with Crippen molar-refractivity contribution >= 4 is 16.1 Å². The zero-order valence-electron chi connectivity index (χ0n) is 8.59. The van der Waals surface area contributed by atoms with E-state index >= 15 is 0 Å². The highest BCUT2D eigenvalue weighted by atomic mass is 32.2.